The summed E-state index contributed by atoms with van der Waals surface area (Å²) >= 11 is 0. The Morgan fingerprint density at radius 2 is 1.74 bits per heavy atom. The van der Waals surface area contributed by atoms with Crippen LogP contribution < -0.4 is 4.74 Å². The van der Waals surface area contributed by atoms with Crippen LogP contribution in [0.1, 0.15) is 42.2 Å². The molecule has 8 heteroatoms. The minimum absolute atomic E-state index is 0.0312. The first-order valence-electron chi connectivity index (χ1n) is 7.95. The first-order chi connectivity index (χ1) is 12.7. The van der Waals surface area contributed by atoms with Crippen molar-refractivity contribution in [3.05, 3.63) is 58.1 Å². The number of ether oxygens (including phenoxy) is 2. The second kappa shape index (κ2) is 5.15. The predicted molar refractivity (Wildman–Crippen MR) is 88.8 cm³/mol. The normalized spacial score (nSPS) is 26.0. The Labute approximate surface area is 152 Å². The van der Waals surface area contributed by atoms with Crippen molar-refractivity contribution in [2.45, 2.75) is 18.3 Å². The maximum Gasteiger partial charge on any atom is 0.341 e. The first kappa shape index (κ1) is 17.2. The maximum absolute atomic E-state index is 13.2. The number of aliphatic hydroxyl groups is 2. The molecule has 0 amide bonds. The highest BCUT2D eigenvalue weighted by Gasteiger charge is 2.71. The number of benzene rings is 2. The smallest absolute Gasteiger partial charge is 0.341 e. The molecule has 138 valence electrons. The highest BCUT2D eigenvalue weighted by atomic mass is 16.7. The fraction of sp³-hybridized carbons (Fsp3) is 0.211. The van der Waals surface area contributed by atoms with Crippen LogP contribution in [0.15, 0.2) is 30.3 Å². The minimum atomic E-state index is -3.25. The summed E-state index contributed by atoms with van der Waals surface area (Å²) in [6, 6.07) is 6.58. The zero-order valence-corrected chi connectivity index (χ0v) is 14.3. The Morgan fingerprint density at radius 1 is 1.04 bits per heavy atom. The Hall–Kier alpha value is -3.23. The number of Topliss-reactive ketones (excluding diaryl/α,β-unsaturated/α-hetero) is 2. The highest BCUT2D eigenvalue weighted by Crippen LogP contribution is 2.52. The zero-order chi connectivity index (χ0) is 19.7. The Bertz CT molecular complexity index is 1060. The van der Waals surface area contributed by atoms with Crippen LogP contribution >= 0.6 is 0 Å². The topological polar surface area (TPSA) is 130 Å². The molecule has 1 aliphatic carbocycles. The highest BCUT2D eigenvalue weighted by molar-refractivity contribution is 6.24. The third-order valence-electron chi connectivity index (χ3n) is 4.93. The lowest BCUT2D eigenvalue weighted by molar-refractivity contribution is -0.230. The molecule has 3 N–H and O–H groups in total. The number of rotatable bonds is 1. The van der Waals surface area contributed by atoms with Gasteiger partial charge in [0.15, 0.2) is 0 Å². The van der Waals surface area contributed by atoms with E-state index in [1.165, 1.54) is 37.4 Å². The maximum atomic E-state index is 13.2. The average Bonchev–Trinajstić information content (AvgIpc) is 2.62. The molecule has 0 bridgehead atoms. The van der Waals surface area contributed by atoms with Gasteiger partial charge in [-0.1, -0.05) is 12.1 Å². The van der Waals surface area contributed by atoms with Gasteiger partial charge in [0.1, 0.15) is 11.5 Å². The van der Waals surface area contributed by atoms with Gasteiger partial charge in [-0.2, -0.15) is 0 Å². The van der Waals surface area contributed by atoms with Gasteiger partial charge in [0, 0.05) is 5.56 Å². The van der Waals surface area contributed by atoms with Crippen LogP contribution in [0.25, 0.3) is 0 Å². The van der Waals surface area contributed by atoms with Gasteiger partial charge < -0.3 is 24.8 Å². The number of fused-ring (bicyclic) bond motifs is 4. The average molecular weight is 370 g/mol. The van der Waals surface area contributed by atoms with E-state index in [-0.39, 0.29) is 22.4 Å². The molecular formula is C19H14O8. The molecule has 0 saturated carbocycles. The number of phenols is 1. The lowest BCUT2D eigenvalue weighted by Crippen LogP contribution is -2.68. The van der Waals surface area contributed by atoms with E-state index in [9.17, 15) is 29.7 Å². The van der Waals surface area contributed by atoms with Crippen molar-refractivity contribution in [3.8, 4) is 11.5 Å². The molecule has 0 aromatic heterocycles. The number of carbonyl (C=O) groups excluding carboxylic acids is 3. The second-order valence-corrected chi connectivity index (χ2v) is 6.49. The number of hydrogen-bond acceptors (Lipinski definition) is 8. The third kappa shape index (κ3) is 1.85. The van der Waals surface area contributed by atoms with Crippen molar-refractivity contribution in [2.24, 2.45) is 0 Å². The molecule has 0 saturated heterocycles. The van der Waals surface area contributed by atoms with Gasteiger partial charge in [0.2, 0.25) is 17.2 Å². The van der Waals surface area contributed by atoms with Crippen LogP contribution in [0.2, 0.25) is 0 Å². The van der Waals surface area contributed by atoms with Crippen LogP contribution in [-0.2, 0) is 10.3 Å². The number of ketones is 2. The monoisotopic (exact) mass is 370 g/mol. The van der Waals surface area contributed by atoms with E-state index in [1.807, 2.05) is 0 Å². The summed E-state index contributed by atoms with van der Waals surface area (Å²) in [6.07, 6.45) is 0. The summed E-state index contributed by atoms with van der Waals surface area (Å²) in [5, 5.41) is 32.5. The van der Waals surface area contributed by atoms with Gasteiger partial charge in [-0.05, 0) is 30.7 Å². The number of methoxy groups -OCH3 is 1. The lowest BCUT2D eigenvalue weighted by Gasteiger charge is -2.46. The number of esters is 1. The van der Waals surface area contributed by atoms with Crippen molar-refractivity contribution in [2.75, 3.05) is 7.11 Å². The number of hydrogen-bond donors (Lipinski definition) is 3. The second-order valence-electron chi connectivity index (χ2n) is 6.49. The van der Waals surface area contributed by atoms with Gasteiger partial charge in [0.25, 0.3) is 0 Å². The molecule has 2 aliphatic rings. The number of aromatic hydroxyl groups is 1. The molecule has 2 unspecified atom stereocenters. The molecule has 2 atom stereocenters. The van der Waals surface area contributed by atoms with Gasteiger partial charge in [-0.15, -0.1) is 0 Å². The molecule has 0 radical (unpaired) electrons. The fourth-order valence-corrected chi connectivity index (χ4v) is 3.71. The molecule has 1 aliphatic heterocycles. The summed E-state index contributed by atoms with van der Waals surface area (Å²) in [6.45, 7) is 1.58. The SMILES string of the molecule is COc1cccc2c1C(=O)C1(O)OC(=O)c3cc(C)cc(O)c3C1(O)C2=O. The van der Waals surface area contributed by atoms with Crippen LogP contribution in [-0.4, -0.2) is 45.8 Å². The quantitative estimate of drug-likeness (QED) is 0.630. The summed E-state index contributed by atoms with van der Waals surface area (Å²) in [4.78, 5) is 38.6. The number of aryl methyl sites for hydroxylation is 1. The van der Waals surface area contributed by atoms with Crippen molar-refractivity contribution in [3.63, 3.8) is 0 Å². The minimum Gasteiger partial charge on any atom is -0.508 e. The third-order valence-corrected chi connectivity index (χ3v) is 4.93. The summed E-state index contributed by atoms with van der Waals surface area (Å²) < 4.78 is 9.95. The molecule has 4 rings (SSSR count). The van der Waals surface area contributed by atoms with E-state index in [2.05, 4.69) is 0 Å². The van der Waals surface area contributed by atoms with Crippen molar-refractivity contribution >= 4 is 17.5 Å². The molecule has 1 heterocycles. The molecule has 0 fully saturated rings. The predicted octanol–water partition coefficient (Wildman–Crippen LogP) is 0.835. The fourth-order valence-electron chi connectivity index (χ4n) is 3.71. The van der Waals surface area contributed by atoms with Crippen molar-refractivity contribution in [1.29, 1.82) is 0 Å². The molecule has 2 aromatic carbocycles. The molecule has 2 aromatic rings. The summed E-state index contributed by atoms with van der Waals surface area (Å²) in [5.74, 6) is -7.38. The van der Waals surface area contributed by atoms with E-state index >= 15 is 0 Å². The molecule has 8 nitrogen and oxygen atoms in total. The standard InChI is InChI=1S/C19H14O8/c1-8-6-10-14(11(20)7-8)18(24)15(21)9-4-3-5-12(26-2)13(9)16(22)19(18,25)27-17(10)23/h3-7,20,24-25H,1-2H3. The summed E-state index contributed by atoms with van der Waals surface area (Å²) in [7, 11) is 1.26. The van der Waals surface area contributed by atoms with Crippen LogP contribution in [0.3, 0.4) is 0 Å². The summed E-state index contributed by atoms with van der Waals surface area (Å²) in [5.41, 5.74) is -3.99. The molecule has 27 heavy (non-hydrogen) atoms. The Balaban J connectivity index is 2.13. The van der Waals surface area contributed by atoms with Crippen molar-refractivity contribution < 1.29 is 39.2 Å². The van der Waals surface area contributed by atoms with E-state index in [0.717, 1.165) is 0 Å². The van der Waals surface area contributed by atoms with Gasteiger partial charge in [0.05, 0.1) is 23.8 Å². The van der Waals surface area contributed by atoms with Crippen LogP contribution in [0, 0.1) is 6.92 Å². The first-order valence-corrected chi connectivity index (χ1v) is 7.95. The number of phenolic OH excluding ortho intramolecular Hbond substituents is 1. The Morgan fingerprint density at radius 3 is 2.41 bits per heavy atom. The largest absolute Gasteiger partial charge is 0.508 e. The van der Waals surface area contributed by atoms with E-state index in [1.54, 1.807) is 6.92 Å². The van der Waals surface area contributed by atoms with Gasteiger partial charge in [-0.25, -0.2) is 4.79 Å². The van der Waals surface area contributed by atoms with Gasteiger partial charge in [-0.3, -0.25) is 9.59 Å². The van der Waals surface area contributed by atoms with Crippen LogP contribution in [0.5, 0.6) is 11.5 Å². The van der Waals surface area contributed by atoms with E-state index < -0.39 is 40.2 Å². The zero-order valence-electron chi connectivity index (χ0n) is 14.3. The molecule has 0 spiro atoms. The Kier molecular flexibility index (Phi) is 3.28. The van der Waals surface area contributed by atoms with Crippen molar-refractivity contribution in [1.82, 2.24) is 0 Å². The van der Waals surface area contributed by atoms with Gasteiger partial charge >= 0.3 is 11.8 Å². The lowest BCUT2D eigenvalue weighted by atomic mass is 9.67. The van der Waals surface area contributed by atoms with E-state index in [4.69, 9.17) is 9.47 Å². The van der Waals surface area contributed by atoms with Crippen LogP contribution in [0.4, 0.5) is 0 Å². The molecular weight excluding hydrogens is 356 g/mol. The number of carbonyl (C=O) groups is 3. The van der Waals surface area contributed by atoms with E-state index in [0.29, 0.717) is 5.56 Å².